The predicted octanol–water partition coefficient (Wildman–Crippen LogP) is 0.434. The summed E-state index contributed by atoms with van der Waals surface area (Å²) in [5, 5.41) is 2.96. The lowest BCUT2D eigenvalue weighted by Crippen LogP contribution is -2.49. The Kier molecular flexibility index (Phi) is 6.08. The van der Waals surface area contributed by atoms with Crippen LogP contribution in [0.3, 0.4) is 0 Å². The van der Waals surface area contributed by atoms with Crippen molar-refractivity contribution in [3.63, 3.8) is 0 Å². The highest BCUT2D eigenvalue weighted by molar-refractivity contribution is 5.92. The summed E-state index contributed by atoms with van der Waals surface area (Å²) in [6, 6.07) is 5.88. The van der Waals surface area contributed by atoms with Crippen LogP contribution < -0.4 is 10.2 Å². The molecule has 2 unspecified atom stereocenters. The fourth-order valence-electron chi connectivity index (χ4n) is 3.43. The number of anilines is 1. The average molecular weight is 359 g/mol. The van der Waals surface area contributed by atoms with Crippen molar-refractivity contribution < 1.29 is 9.59 Å². The number of hydrogen-bond donors (Lipinski definition) is 1. The van der Waals surface area contributed by atoms with E-state index in [1.807, 2.05) is 37.2 Å². The Morgan fingerprint density at radius 3 is 2.62 bits per heavy atom. The molecule has 1 aliphatic carbocycles. The van der Waals surface area contributed by atoms with Crippen LogP contribution in [0.15, 0.2) is 24.4 Å². The van der Waals surface area contributed by atoms with Crippen LogP contribution in [0.25, 0.3) is 0 Å². The number of amides is 2. The molecule has 0 spiro atoms. The lowest BCUT2D eigenvalue weighted by molar-refractivity contribution is -0.135. The molecule has 2 atom stereocenters. The molecule has 2 amide bonds. The third kappa shape index (κ3) is 4.72. The zero-order chi connectivity index (χ0) is 18.5. The molecule has 7 heteroatoms. The molecule has 1 aromatic rings. The van der Waals surface area contributed by atoms with Crippen LogP contribution in [0.1, 0.15) is 12.8 Å². The van der Waals surface area contributed by atoms with Crippen LogP contribution in [0.2, 0.25) is 0 Å². The van der Waals surface area contributed by atoms with Gasteiger partial charge in [-0.25, -0.2) is 4.98 Å². The van der Waals surface area contributed by atoms with Gasteiger partial charge in [0.1, 0.15) is 5.82 Å². The highest BCUT2D eigenvalue weighted by atomic mass is 16.2. The summed E-state index contributed by atoms with van der Waals surface area (Å²) in [7, 11) is 4.04. The van der Waals surface area contributed by atoms with E-state index < -0.39 is 0 Å². The quantitative estimate of drug-likeness (QED) is 0.715. The summed E-state index contributed by atoms with van der Waals surface area (Å²) in [5.74, 6) is 0.885. The molecule has 26 heavy (non-hydrogen) atoms. The molecule has 2 heterocycles. The minimum atomic E-state index is -0.129. The van der Waals surface area contributed by atoms with E-state index in [0.29, 0.717) is 26.1 Å². The van der Waals surface area contributed by atoms with E-state index in [4.69, 9.17) is 0 Å². The van der Waals surface area contributed by atoms with Gasteiger partial charge in [0.05, 0.1) is 11.8 Å². The fourth-order valence-corrected chi connectivity index (χ4v) is 3.43. The van der Waals surface area contributed by atoms with Gasteiger partial charge in [0.25, 0.3) is 0 Å². The molecule has 0 aromatic carbocycles. The maximum absolute atomic E-state index is 12.6. The minimum absolute atomic E-state index is 0.0363. The summed E-state index contributed by atoms with van der Waals surface area (Å²) in [5.41, 5.74) is 0. The monoisotopic (exact) mass is 359 g/mol. The van der Waals surface area contributed by atoms with Crippen molar-refractivity contribution in [2.45, 2.75) is 12.8 Å². The van der Waals surface area contributed by atoms with Crippen molar-refractivity contribution in [1.82, 2.24) is 20.1 Å². The second-order valence-corrected chi connectivity index (χ2v) is 7.40. The third-order valence-electron chi connectivity index (χ3n) is 5.09. The SMILES string of the molecule is CN(C)CCCNC(=O)C1CC1C(=O)N1CCN(c2ccccn2)CC1. The van der Waals surface area contributed by atoms with Crippen molar-refractivity contribution in [2.24, 2.45) is 11.8 Å². The molecule has 7 nitrogen and oxygen atoms in total. The summed E-state index contributed by atoms with van der Waals surface area (Å²) >= 11 is 0. The molecule has 1 aromatic heterocycles. The average Bonchev–Trinajstić information content (AvgIpc) is 3.46. The molecule has 1 saturated heterocycles. The van der Waals surface area contributed by atoms with Gasteiger partial charge in [0.15, 0.2) is 0 Å². The number of piperazine rings is 1. The summed E-state index contributed by atoms with van der Waals surface area (Å²) in [6.07, 6.45) is 3.41. The highest BCUT2D eigenvalue weighted by Gasteiger charge is 2.49. The summed E-state index contributed by atoms with van der Waals surface area (Å²) in [4.78, 5) is 35.4. The molecular weight excluding hydrogens is 330 g/mol. The molecule has 2 aliphatic rings. The predicted molar refractivity (Wildman–Crippen MR) is 101 cm³/mol. The van der Waals surface area contributed by atoms with E-state index in [0.717, 1.165) is 31.9 Å². The van der Waals surface area contributed by atoms with Gasteiger partial charge in [0, 0.05) is 38.9 Å². The molecular formula is C19H29N5O2. The fraction of sp³-hybridized carbons (Fsp3) is 0.632. The maximum Gasteiger partial charge on any atom is 0.226 e. The second-order valence-electron chi connectivity index (χ2n) is 7.40. The molecule has 1 N–H and O–H groups in total. The van der Waals surface area contributed by atoms with Gasteiger partial charge in [-0.05, 0) is 45.6 Å². The van der Waals surface area contributed by atoms with Gasteiger partial charge in [-0.15, -0.1) is 0 Å². The van der Waals surface area contributed by atoms with Crippen molar-refractivity contribution in [1.29, 1.82) is 0 Å². The van der Waals surface area contributed by atoms with Crippen LogP contribution >= 0.6 is 0 Å². The van der Waals surface area contributed by atoms with Crippen molar-refractivity contribution in [2.75, 3.05) is 58.3 Å². The van der Waals surface area contributed by atoms with Gasteiger partial charge < -0.3 is 20.0 Å². The van der Waals surface area contributed by atoms with Crippen LogP contribution in [-0.2, 0) is 9.59 Å². The normalized spacial score (nSPS) is 22.4. The number of carbonyl (C=O) groups excluding carboxylic acids is 2. The lowest BCUT2D eigenvalue weighted by atomic mass is 10.2. The van der Waals surface area contributed by atoms with Gasteiger partial charge >= 0.3 is 0 Å². The van der Waals surface area contributed by atoms with E-state index in [1.165, 1.54) is 0 Å². The Morgan fingerprint density at radius 1 is 1.19 bits per heavy atom. The first-order valence-electron chi connectivity index (χ1n) is 9.43. The standard InChI is InChI=1S/C19H29N5O2/c1-22(2)9-5-8-21-18(25)15-14-16(15)19(26)24-12-10-23(11-13-24)17-6-3-4-7-20-17/h3-4,6-7,15-16H,5,8-14H2,1-2H3,(H,21,25). The number of nitrogens with one attached hydrogen (secondary N) is 1. The van der Waals surface area contributed by atoms with Crippen LogP contribution in [-0.4, -0.2) is 80.0 Å². The molecule has 3 rings (SSSR count). The Labute approximate surface area is 155 Å². The molecule has 0 radical (unpaired) electrons. The van der Waals surface area contributed by atoms with E-state index in [-0.39, 0.29) is 23.7 Å². The maximum atomic E-state index is 12.6. The summed E-state index contributed by atoms with van der Waals surface area (Å²) in [6.45, 7) is 4.60. The first-order valence-corrected chi connectivity index (χ1v) is 9.43. The molecule has 1 aliphatic heterocycles. The number of carbonyl (C=O) groups is 2. The molecule has 1 saturated carbocycles. The third-order valence-corrected chi connectivity index (χ3v) is 5.09. The Morgan fingerprint density at radius 2 is 1.96 bits per heavy atom. The van der Waals surface area contributed by atoms with E-state index in [2.05, 4.69) is 20.1 Å². The number of nitrogens with zero attached hydrogens (tertiary/aromatic N) is 4. The Hall–Kier alpha value is -2.15. The molecule has 0 bridgehead atoms. The largest absolute Gasteiger partial charge is 0.356 e. The van der Waals surface area contributed by atoms with E-state index >= 15 is 0 Å². The molecule has 2 fully saturated rings. The van der Waals surface area contributed by atoms with Crippen LogP contribution in [0.4, 0.5) is 5.82 Å². The van der Waals surface area contributed by atoms with Crippen molar-refractivity contribution >= 4 is 17.6 Å². The van der Waals surface area contributed by atoms with Crippen LogP contribution in [0.5, 0.6) is 0 Å². The number of hydrogen-bond acceptors (Lipinski definition) is 5. The van der Waals surface area contributed by atoms with Gasteiger partial charge in [0.2, 0.25) is 11.8 Å². The van der Waals surface area contributed by atoms with Gasteiger partial charge in [-0.3, -0.25) is 9.59 Å². The first-order chi connectivity index (χ1) is 12.6. The Balaban J connectivity index is 1.39. The molecule has 142 valence electrons. The van der Waals surface area contributed by atoms with Crippen molar-refractivity contribution in [3.8, 4) is 0 Å². The van der Waals surface area contributed by atoms with Crippen LogP contribution in [0, 0.1) is 11.8 Å². The number of rotatable bonds is 7. The van der Waals surface area contributed by atoms with E-state index in [9.17, 15) is 9.59 Å². The zero-order valence-corrected chi connectivity index (χ0v) is 15.7. The minimum Gasteiger partial charge on any atom is -0.356 e. The highest BCUT2D eigenvalue weighted by Crippen LogP contribution is 2.40. The number of aromatic nitrogens is 1. The first kappa shape index (κ1) is 18.6. The number of pyridine rings is 1. The van der Waals surface area contributed by atoms with Gasteiger partial charge in [-0.1, -0.05) is 6.07 Å². The lowest BCUT2D eigenvalue weighted by Gasteiger charge is -2.35. The summed E-state index contributed by atoms with van der Waals surface area (Å²) < 4.78 is 0. The second kappa shape index (κ2) is 8.49. The van der Waals surface area contributed by atoms with Crippen molar-refractivity contribution in [3.05, 3.63) is 24.4 Å². The topological polar surface area (TPSA) is 68.8 Å². The smallest absolute Gasteiger partial charge is 0.226 e. The van der Waals surface area contributed by atoms with Gasteiger partial charge in [-0.2, -0.15) is 0 Å². The zero-order valence-electron chi connectivity index (χ0n) is 15.7. The van der Waals surface area contributed by atoms with E-state index in [1.54, 1.807) is 6.20 Å². The Bertz CT molecular complexity index is 614.